The second-order valence-electron chi connectivity index (χ2n) is 4.73. The normalized spacial score (nSPS) is 12.5. The topological polar surface area (TPSA) is 25.8 Å². The summed E-state index contributed by atoms with van der Waals surface area (Å²) in [6, 6.07) is 8.50. The predicted molar refractivity (Wildman–Crippen MR) is 80.9 cm³/mol. The Labute approximate surface area is 119 Å². The molecule has 0 amide bonds. The Bertz CT molecular complexity index is 718. The highest BCUT2D eigenvalue weighted by molar-refractivity contribution is 7.13. The van der Waals surface area contributed by atoms with Gasteiger partial charge in [0.05, 0.1) is 21.4 Å². The number of rotatable bonds is 0. The van der Waals surface area contributed by atoms with E-state index in [2.05, 4.69) is 38.1 Å². The lowest BCUT2D eigenvalue weighted by molar-refractivity contribution is 1.24. The number of hydrogen-bond acceptors (Lipinski definition) is 4. The summed E-state index contributed by atoms with van der Waals surface area (Å²) < 4.78 is 0. The van der Waals surface area contributed by atoms with Crippen LogP contribution in [0.5, 0.6) is 0 Å². The number of aryl methyl sites for hydroxylation is 2. The first-order valence-electron chi connectivity index (χ1n) is 6.25. The molecule has 3 aromatic rings. The molecule has 0 unspecified atom stereocenters. The third kappa shape index (κ3) is 1.67. The molecule has 4 heteroatoms. The van der Waals surface area contributed by atoms with E-state index in [1.165, 1.54) is 20.9 Å². The first-order chi connectivity index (χ1) is 9.22. The van der Waals surface area contributed by atoms with Gasteiger partial charge in [0, 0.05) is 27.3 Å². The average Bonchev–Trinajstić information content (AvgIpc) is 2.90. The molecule has 1 aliphatic rings. The molecule has 4 rings (SSSR count). The van der Waals surface area contributed by atoms with Crippen molar-refractivity contribution in [2.75, 3.05) is 0 Å². The minimum atomic E-state index is 0.969. The van der Waals surface area contributed by atoms with Gasteiger partial charge in [-0.15, -0.1) is 22.7 Å². The van der Waals surface area contributed by atoms with E-state index in [0.717, 1.165) is 27.8 Å². The van der Waals surface area contributed by atoms with Crippen LogP contribution in [0, 0.1) is 13.8 Å². The molecule has 0 saturated carbocycles. The van der Waals surface area contributed by atoms with Crippen LogP contribution in [0.2, 0.25) is 0 Å². The second kappa shape index (κ2) is 3.99. The molecule has 1 aliphatic carbocycles. The first-order valence-corrected chi connectivity index (χ1v) is 7.88. The van der Waals surface area contributed by atoms with E-state index in [0.29, 0.717) is 0 Å². The van der Waals surface area contributed by atoms with Gasteiger partial charge in [-0.05, 0) is 13.8 Å². The average molecular weight is 284 g/mol. The molecule has 2 aromatic heterocycles. The van der Waals surface area contributed by atoms with Crippen LogP contribution in [0.25, 0.3) is 22.5 Å². The maximum Gasteiger partial charge on any atom is 0.0904 e. The molecule has 0 aliphatic heterocycles. The van der Waals surface area contributed by atoms with Gasteiger partial charge in [-0.2, -0.15) is 0 Å². The van der Waals surface area contributed by atoms with E-state index >= 15 is 0 Å². The standard InChI is InChI=1S/C15H12N2S2/c1-8-16-14-10-5-3-4-6-11(10)15-13(7-12(14)18-8)19-9(2)17-15/h3-6H,7H2,1-2H3. The van der Waals surface area contributed by atoms with Crippen LogP contribution in [0.15, 0.2) is 24.3 Å². The van der Waals surface area contributed by atoms with Gasteiger partial charge < -0.3 is 0 Å². The molecule has 0 saturated heterocycles. The molecular weight excluding hydrogens is 272 g/mol. The van der Waals surface area contributed by atoms with Gasteiger partial charge in [0.25, 0.3) is 0 Å². The fraction of sp³-hybridized carbons (Fsp3) is 0.200. The summed E-state index contributed by atoms with van der Waals surface area (Å²) in [5.41, 5.74) is 4.76. The van der Waals surface area contributed by atoms with Crippen molar-refractivity contribution >= 4 is 22.7 Å². The summed E-state index contributed by atoms with van der Waals surface area (Å²) in [6.07, 6.45) is 0.969. The molecule has 2 nitrogen and oxygen atoms in total. The van der Waals surface area contributed by atoms with Gasteiger partial charge >= 0.3 is 0 Å². The van der Waals surface area contributed by atoms with Crippen LogP contribution in [0.1, 0.15) is 19.8 Å². The SMILES string of the molecule is Cc1nc2c(s1)Cc1sc(C)nc1-c1ccccc1-2. The quantitative estimate of drug-likeness (QED) is 0.476. The maximum absolute atomic E-state index is 4.73. The summed E-state index contributed by atoms with van der Waals surface area (Å²) in [5.74, 6) is 0. The van der Waals surface area contributed by atoms with E-state index in [4.69, 9.17) is 9.97 Å². The smallest absolute Gasteiger partial charge is 0.0904 e. The summed E-state index contributed by atoms with van der Waals surface area (Å²) in [6.45, 7) is 4.17. The van der Waals surface area contributed by atoms with E-state index in [1.807, 2.05) is 22.7 Å². The number of benzene rings is 1. The zero-order valence-electron chi connectivity index (χ0n) is 10.7. The van der Waals surface area contributed by atoms with Crippen molar-refractivity contribution < 1.29 is 0 Å². The van der Waals surface area contributed by atoms with Crippen molar-refractivity contribution in [2.24, 2.45) is 0 Å². The van der Waals surface area contributed by atoms with Crippen LogP contribution in [0.4, 0.5) is 0 Å². The predicted octanol–water partition coefficient (Wildman–Crippen LogP) is 4.45. The second-order valence-corrected chi connectivity index (χ2v) is 7.31. The lowest BCUT2D eigenvalue weighted by Gasteiger charge is -2.04. The Morgan fingerprint density at radius 3 is 1.79 bits per heavy atom. The Morgan fingerprint density at radius 2 is 1.32 bits per heavy atom. The van der Waals surface area contributed by atoms with Crippen molar-refractivity contribution in [3.05, 3.63) is 44.0 Å². The van der Waals surface area contributed by atoms with E-state index in [-0.39, 0.29) is 0 Å². The highest BCUT2D eigenvalue weighted by Gasteiger charge is 2.24. The van der Waals surface area contributed by atoms with Gasteiger partial charge in [-0.25, -0.2) is 9.97 Å². The van der Waals surface area contributed by atoms with E-state index < -0.39 is 0 Å². The summed E-state index contributed by atoms with van der Waals surface area (Å²) in [4.78, 5) is 12.2. The molecular formula is C15H12N2S2. The lowest BCUT2D eigenvalue weighted by Crippen LogP contribution is -1.85. The van der Waals surface area contributed by atoms with Gasteiger partial charge in [0.2, 0.25) is 0 Å². The van der Waals surface area contributed by atoms with Crippen LogP contribution < -0.4 is 0 Å². The molecule has 0 bridgehead atoms. The fourth-order valence-electron chi connectivity index (χ4n) is 2.64. The Balaban J connectivity index is 2.10. The number of aromatic nitrogens is 2. The van der Waals surface area contributed by atoms with Crippen molar-refractivity contribution in [3.8, 4) is 22.5 Å². The van der Waals surface area contributed by atoms with Gasteiger partial charge in [0.1, 0.15) is 0 Å². The third-order valence-corrected chi connectivity index (χ3v) is 5.31. The van der Waals surface area contributed by atoms with Crippen LogP contribution in [-0.2, 0) is 6.42 Å². The molecule has 0 N–H and O–H groups in total. The Hall–Kier alpha value is -1.52. The summed E-state index contributed by atoms with van der Waals surface area (Å²) in [7, 11) is 0. The molecule has 0 radical (unpaired) electrons. The minimum absolute atomic E-state index is 0.969. The highest BCUT2D eigenvalue weighted by Crippen LogP contribution is 2.43. The van der Waals surface area contributed by atoms with Crippen LogP contribution in [-0.4, -0.2) is 9.97 Å². The van der Waals surface area contributed by atoms with Crippen molar-refractivity contribution in [1.82, 2.24) is 9.97 Å². The highest BCUT2D eigenvalue weighted by atomic mass is 32.1. The van der Waals surface area contributed by atoms with E-state index in [9.17, 15) is 0 Å². The first kappa shape index (κ1) is 11.3. The number of fused-ring (bicyclic) bond motifs is 5. The van der Waals surface area contributed by atoms with Gasteiger partial charge in [-0.1, -0.05) is 24.3 Å². The maximum atomic E-state index is 4.73. The number of thiazole rings is 2. The van der Waals surface area contributed by atoms with Crippen LogP contribution in [0.3, 0.4) is 0 Å². The lowest BCUT2D eigenvalue weighted by atomic mass is 10.0. The van der Waals surface area contributed by atoms with Crippen LogP contribution >= 0.6 is 22.7 Å². The molecule has 0 spiro atoms. The number of hydrogen-bond donors (Lipinski definition) is 0. The van der Waals surface area contributed by atoms with Crippen molar-refractivity contribution in [1.29, 1.82) is 0 Å². The Kier molecular flexibility index (Phi) is 2.37. The zero-order chi connectivity index (χ0) is 13.0. The molecule has 94 valence electrons. The van der Waals surface area contributed by atoms with Gasteiger partial charge in [-0.3, -0.25) is 0 Å². The third-order valence-electron chi connectivity index (χ3n) is 3.37. The molecule has 0 fully saturated rings. The molecule has 19 heavy (non-hydrogen) atoms. The minimum Gasteiger partial charge on any atom is -0.241 e. The summed E-state index contributed by atoms with van der Waals surface area (Å²) >= 11 is 3.62. The fourth-order valence-corrected chi connectivity index (χ4v) is 4.66. The summed E-state index contributed by atoms with van der Waals surface area (Å²) in [5, 5.41) is 2.29. The number of nitrogens with zero attached hydrogens (tertiary/aromatic N) is 2. The molecule has 0 atom stereocenters. The Morgan fingerprint density at radius 1 is 0.842 bits per heavy atom. The zero-order valence-corrected chi connectivity index (χ0v) is 12.4. The largest absolute Gasteiger partial charge is 0.241 e. The van der Waals surface area contributed by atoms with Crippen molar-refractivity contribution in [3.63, 3.8) is 0 Å². The molecule has 2 heterocycles. The van der Waals surface area contributed by atoms with E-state index in [1.54, 1.807) is 0 Å². The molecule has 1 aromatic carbocycles. The monoisotopic (exact) mass is 284 g/mol. The van der Waals surface area contributed by atoms with Crippen molar-refractivity contribution in [2.45, 2.75) is 20.3 Å². The van der Waals surface area contributed by atoms with Gasteiger partial charge in [0.15, 0.2) is 0 Å².